The van der Waals surface area contributed by atoms with Gasteiger partial charge in [-0.25, -0.2) is 0 Å². The number of rotatable bonds is 6. The van der Waals surface area contributed by atoms with Crippen molar-refractivity contribution in [2.24, 2.45) is 0 Å². The second-order valence-electron chi connectivity index (χ2n) is 5.24. The molecule has 0 heterocycles. The molecule has 0 aromatic heterocycles. The molecule has 1 atom stereocenters. The fourth-order valence-corrected chi connectivity index (χ4v) is 2.34. The molecular weight excluding hydrogens is 280 g/mol. The summed E-state index contributed by atoms with van der Waals surface area (Å²) in [5.41, 5.74) is 2.68. The summed E-state index contributed by atoms with van der Waals surface area (Å²) < 4.78 is 5.34. The summed E-state index contributed by atoms with van der Waals surface area (Å²) in [5, 5.41) is 19.2. The third-order valence-corrected chi connectivity index (χ3v) is 3.54. The van der Waals surface area contributed by atoms with Gasteiger partial charge in [0, 0.05) is 0 Å². The summed E-state index contributed by atoms with van der Waals surface area (Å²) in [4.78, 5) is 11.6. The first-order valence-electron chi connectivity index (χ1n) is 7.25. The molecule has 0 aliphatic rings. The summed E-state index contributed by atoms with van der Waals surface area (Å²) in [6.45, 7) is 4.24. The van der Waals surface area contributed by atoms with Crippen molar-refractivity contribution in [3.63, 3.8) is 0 Å². The molecule has 0 saturated carbocycles. The SMILES string of the molecule is CCOc1cc(CC(C(=O)O)c2ccc(C)cc2)ccc1O. The molecule has 116 valence electrons. The summed E-state index contributed by atoms with van der Waals surface area (Å²) in [5.74, 6) is -1.05. The van der Waals surface area contributed by atoms with Crippen LogP contribution in [0.25, 0.3) is 0 Å². The first kappa shape index (κ1) is 15.9. The van der Waals surface area contributed by atoms with Gasteiger partial charge in [0.15, 0.2) is 11.5 Å². The van der Waals surface area contributed by atoms with E-state index in [9.17, 15) is 15.0 Å². The van der Waals surface area contributed by atoms with Gasteiger partial charge in [0.2, 0.25) is 0 Å². The van der Waals surface area contributed by atoms with E-state index in [2.05, 4.69) is 0 Å². The average Bonchev–Trinajstić information content (AvgIpc) is 2.49. The molecule has 0 aliphatic heterocycles. The van der Waals surface area contributed by atoms with E-state index < -0.39 is 11.9 Å². The molecule has 0 saturated heterocycles. The second kappa shape index (κ2) is 6.98. The first-order chi connectivity index (χ1) is 10.5. The lowest BCUT2D eigenvalue weighted by Crippen LogP contribution is -2.14. The standard InChI is InChI=1S/C18H20O4/c1-3-22-17-11-13(6-9-16(17)19)10-15(18(20)21)14-7-4-12(2)5-8-14/h4-9,11,15,19H,3,10H2,1-2H3,(H,20,21). The zero-order chi connectivity index (χ0) is 16.1. The molecule has 2 aromatic rings. The minimum absolute atomic E-state index is 0.0628. The zero-order valence-corrected chi connectivity index (χ0v) is 12.7. The van der Waals surface area contributed by atoms with Crippen LogP contribution in [0.15, 0.2) is 42.5 Å². The van der Waals surface area contributed by atoms with E-state index in [4.69, 9.17) is 4.74 Å². The smallest absolute Gasteiger partial charge is 0.311 e. The van der Waals surface area contributed by atoms with Gasteiger partial charge < -0.3 is 14.9 Å². The molecule has 4 heteroatoms. The van der Waals surface area contributed by atoms with E-state index >= 15 is 0 Å². The number of hydrogen-bond donors (Lipinski definition) is 2. The summed E-state index contributed by atoms with van der Waals surface area (Å²) in [6, 6.07) is 12.5. The number of aliphatic carboxylic acids is 1. The van der Waals surface area contributed by atoms with Crippen LogP contribution >= 0.6 is 0 Å². The number of aryl methyl sites for hydroxylation is 1. The van der Waals surface area contributed by atoms with Crippen molar-refractivity contribution in [3.8, 4) is 11.5 Å². The van der Waals surface area contributed by atoms with E-state index in [0.29, 0.717) is 18.8 Å². The number of carbonyl (C=O) groups is 1. The maximum atomic E-state index is 11.6. The molecule has 0 radical (unpaired) electrons. The lowest BCUT2D eigenvalue weighted by Gasteiger charge is -2.14. The van der Waals surface area contributed by atoms with Gasteiger partial charge >= 0.3 is 5.97 Å². The van der Waals surface area contributed by atoms with Crippen molar-refractivity contribution in [2.45, 2.75) is 26.2 Å². The molecule has 0 aliphatic carbocycles. The predicted octanol–water partition coefficient (Wildman–Crippen LogP) is 3.51. The Morgan fingerprint density at radius 3 is 2.45 bits per heavy atom. The van der Waals surface area contributed by atoms with Crippen molar-refractivity contribution in [2.75, 3.05) is 6.61 Å². The van der Waals surface area contributed by atoms with Crippen LogP contribution in [0.2, 0.25) is 0 Å². The van der Waals surface area contributed by atoms with Gasteiger partial charge in [-0.2, -0.15) is 0 Å². The molecule has 2 aromatic carbocycles. The molecule has 22 heavy (non-hydrogen) atoms. The van der Waals surface area contributed by atoms with Gasteiger partial charge in [-0.05, 0) is 43.5 Å². The van der Waals surface area contributed by atoms with Gasteiger partial charge in [-0.15, -0.1) is 0 Å². The van der Waals surface area contributed by atoms with E-state index in [-0.39, 0.29) is 5.75 Å². The van der Waals surface area contributed by atoms with Gasteiger partial charge in [-0.3, -0.25) is 4.79 Å². The molecule has 0 amide bonds. The number of phenols is 1. The average molecular weight is 300 g/mol. The van der Waals surface area contributed by atoms with Crippen LogP contribution in [0.3, 0.4) is 0 Å². The van der Waals surface area contributed by atoms with Crippen molar-refractivity contribution in [1.82, 2.24) is 0 Å². The Kier molecular flexibility index (Phi) is 5.04. The molecule has 0 spiro atoms. The Bertz CT molecular complexity index is 647. The van der Waals surface area contributed by atoms with Crippen LogP contribution in [0.1, 0.15) is 29.5 Å². The van der Waals surface area contributed by atoms with E-state index in [0.717, 1.165) is 16.7 Å². The Morgan fingerprint density at radius 2 is 1.86 bits per heavy atom. The third-order valence-electron chi connectivity index (χ3n) is 3.54. The van der Waals surface area contributed by atoms with E-state index in [1.165, 1.54) is 6.07 Å². The van der Waals surface area contributed by atoms with Crippen LogP contribution in [0.4, 0.5) is 0 Å². The number of aromatic hydroxyl groups is 1. The number of hydrogen-bond acceptors (Lipinski definition) is 3. The zero-order valence-electron chi connectivity index (χ0n) is 12.7. The minimum Gasteiger partial charge on any atom is -0.504 e. The quantitative estimate of drug-likeness (QED) is 0.856. The Morgan fingerprint density at radius 1 is 1.18 bits per heavy atom. The van der Waals surface area contributed by atoms with Crippen LogP contribution in [-0.2, 0) is 11.2 Å². The Hall–Kier alpha value is -2.49. The van der Waals surface area contributed by atoms with Crippen LogP contribution < -0.4 is 4.74 Å². The van der Waals surface area contributed by atoms with E-state index in [1.54, 1.807) is 12.1 Å². The number of carboxylic acids is 1. The first-order valence-corrected chi connectivity index (χ1v) is 7.25. The summed E-state index contributed by atoms with van der Waals surface area (Å²) in [7, 11) is 0. The summed E-state index contributed by atoms with van der Waals surface area (Å²) in [6.07, 6.45) is 0.346. The van der Waals surface area contributed by atoms with Crippen molar-refractivity contribution < 1.29 is 19.7 Å². The van der Waals surface area contributed by atoms with Gasteiger partial charge in [0.25, 0.3) is 0 Å². The normalized spacial score (nSPS) is 11.9. The highest BCUT2D eigenvalue weighted by atomic mass is 16.5. The fourth-order valence-electron chi connectivity index (χ4n) is 2.34. The van der Waals surface area contributed by atoms with Crippen LogP contribution in [0.5, 0.6) is 11.5 Å². The monoisotopic (exact) mass is 300 g/mol. The number of carboxylic acid groups (broad SMARTS) is 1. The van der Waals surface area contributed by atoms with Gasteiger partial charge in [0.1, 0.15) is 0 Å². The van der Waals surface area contributed by atoms with Crippen molar-refractivity contribution >= 4 is 5.97 Å². The highest BCUT2D eigenvalue weighted by Gasteiger charge is 2.20. The molecule has 4 nitrogen and oxygen atoms in total. The van der Waals surface area contributed by atoms with Crippen molar-refractivity contribution in [3.05, 3.63) is 59.2 Å². The summed E-state index contributed by atoms with van der Waals surface area (Å²) >= 11 is 0. The third kappa shape index (κ3) is 3.79. The van der Waals surface area contributed by atoms with E-state index in [1.807, 2.05) is 38.1 Å². The second-order valence-corrected chi connectivity index (χ2v) is 5.24. The fraction of sp³-hybridized carbons (Fsp3) is 0.278. The van der Waals surface area contributed by atoms with Crippen LogP contribution in [-0.4, -0.2) is 22.8 Å². The van der Waals surface area contributed by atoms with Gasteiger partial charge in [-0.1, -0.05) is 35.9 Å². The van der Waals surface area contributed by atoms with Gasteiger partial charge in [0.05, 0.1) is 12.5 Å². The topological polar surface area (TPSA) is 66.8 Å². The molecule has 2 rings (SSSR count). The maximum Gasteiger partial charge on any atom is 0.311 e. The van der Waals surface area contributed by atoms with Crippen molar-refractivity contribution in [1.29, 1.82) is 0 Å². The maximum absolute atomic E-state index is 11.6. The molecule has 0 bridgehead atoms. The molecular formula is C18H20O4. The minimum atomic E-state index is -0.866. The number of phenolic OH excluding ortho intramolecular Hbond substituents is 1. The highest BCUT2D eigenvalue weighted by Crippen LogP contribution is 2.30. The largest absolute Gasteiger partial charge is 0.504 e. The van der Waals surface area contributed by atoms with Crippen LogP contribution in [0, 0.1) is 6.92 Å². The number of benzene rings is 2. The Labute approximate surface area is 130 Å². The molecule has 1 unspecified atom stereocenters. The predicted molar refractivity (Wildman–Crippen MR) is 84.5 cm³/mol. The lowest BCUT2D eigenvalue weighted by molar-refractivity contribution is -0.138. The number of ether oxygens (including phenoxy) is 1. The lowest BCUT2D eigenvalue weighted by atomic mass is 9.91. The molecule has 0 fully saturated rings. The Balaban J connectivity index is 2.26. The highest BCUT2D eigenvalue weighted by molar-refractivity contribution is 5.76. The molecule has 2 N–H and O–H groups in total.